The van der Waals surface area contributed by atoms with Gasteiger partial charge in [-0.3, -0.25) is 9.59 Å². The number of halogens is 6. The van der Waals surface area contributed by atoms with Gasteiger partial charge in [0.25, 0.3) is 11.6 Å². The summed E-state index contributed by atoms with van der Waals surface area (Å²) in [6.07, 6.45) is -10.8. The Bertz CT molecular complexity index is 280. The molecule has 0 saturated carbocycles. The van der Waals surface area contributed by atoms with E-state index in [0.29, 0.717) is 0 Å². The predicted molar refractivity (Wildman–Crippen MR) is 35.9 cm³/mol. The summed E-state index contributed by atoms with van der Waals surface area (Å²) in [7, 11) is 0. The van der Waals surface area contributed by atoms with Crippen molar-refractivity contribution in [3.63, 3.8) is 0 Å². The van der Waals surface area contributed by atoms with Crippen LogP contribution in [-0.2, 0) is 9.59 Å². The summed E-state index contributed by atoms with van der Waals surface area (Å²) >= 11 is 0. The van der Waals surface area contributed by atoms with Crippen LogP contribution in [0.25, 0.3) is 0 Å². The molecule has 0 aliphatic heterocycles. The van der Waals surface area contributed by atoms with Gasteiger partial charge in [0, 0.05) is 0 Å². The number of hydrogen-bond acceptors (Lipinski definition) is 2. The Labute approximate surface area is 79.6 Å². The van der Waals surface area contributed by atoms with E-state index in [1.54, 1.807) is 0 Å². The van der Waals surface area contributed by atoms with Crippen LogP contribution in [0.5, 0.6) is 0 Å². The standard InChI is InChI=1S/C7H4F6O2/c1-2-3(4(14)6(8,9)10)5(15)7(11,12)13/h2H,1H3. The zero-order chi connectivity index (χ0) is 12.4. The molecule has 0 N–H and O–H groups in total. The second-order valence-electron chi connectivity index (χ2n) is 2.36. The van der Waals surface area contributed by atoms with E-state index in [9.17, 15) is 35.9 Å². The monoisotopic (exact) mass is 234 g/mol. The molecule has 0 aliphatic rings. The molecule has 0 rings (SSSR count). The molecule has 0 spiro atoms. The van der Waals surface area contributed by atoms with E-state index in [2.05, 4.69) is 0 Å². The van der Waals surface area contributed by atoms with Gasteiger partial charge in [-0.1, -0.05) is 6.08 Å². The minimum atomic E-state index is -5.50. The second kappa shape index (κ2) is 4.03. The number of alkyl halides is 6. The van der Waals surface area contributed by atoms with Crippen LogP contribution in [0.1, 0.15) is 6.92 Å². The second-order valence-corrected chi connectivity index (χ2v) is 2.36. The quantitative estimate of drug-likeness (QED) is 0.317. The lowest BCUT2D eigenvalue weighted by atomic mass is 10.1. The SMILES string of the molecule is CC=C(C(=O)C(F)(F)F)C(=O)C(F)(F)F. The maximum Gasteiger partial charge on any atom is 0.454 e. The number of ketones is 2. The van der Waals surface area contributed by atoms with Gasteiger partial charge in [-0.2, -0.15) is 26.3 Å². The number of allylic oxidation sites excluding steroid dienone is 2. The lowest BCUT2D eigenvalue weighted by Gasteiger charge is -2.09. The molecule has 0 saturated heterocycles. The fourth-order valence-electron chi connectivity index (χ4n) is 0.671. The van der Waals surface area contributed by atoms with Gasteiger partial charge in [-0.25, -0.2) is 0 Å². The minimum absolute atomic E-state index is 0.186. The Balaban J connectivity index is 5.16. The van der Waals surface area contributed by atoms with Crippen molar-refractivity contribution in [2.45, 2.75) is 19.3 Å². The summed E-state index contributed by atoms with van der Waals surface area (Å²) in [6, 6.07) is 0. The van der Waals surface area contributed by atoms with Crippen molar-refractivity contribution < 1.29 is 35.9 Å². The molecular formula is C7H4F6O2. The molecule has 0 aromatic carbocycles. The molecule has 15 heavy (non-hydrogen) atoms. The van der Waals surface area contributed by atoms with Gasteiger partial charge in [0.1, 0.15) is 0 Å². The van der Waals surface area contributed by atoms with Crippen LogP contribution in [0.2, 0.25) is 0 Å². The van der Waals surface area contributed by atoms with Gasteiger partial charge >= 0.3 is 12.4 Å². The first-order chi connectivity index (χ1) is 6.51. The van der Waals surface area contributed by atoms with Crippen molar-refractivity contribution in [2.75, 3.05) is 0 Å². The lowest BCUT2D eigenvalue weighted by Crippen LogP contribution is -2.34. The van der Waals surface area contributed by atoms with Crippen molar-refractivity contribution in [1.82, 2.24) is 0 Å². The maximum atomic E-state index is 11.7. The molecule has 0 radical (unpaired) electrons. The van der Waals surface area contributed by atoms with Crippen molar-refractivity contribution in [1.29, 1.82) is 0 Å². The van der Waals surface area contributed by atoms with E-state index < -0.39 is 29.5 Å². The van der Waals surface area contributed by atoms with E-state index in [1.807, 2.05) is 0 Å². The highest BCUT2D eigenvalue weighted by Gasteiger charge is 2.49. The first-order valence-electron chi connectivity index (χ1n) is 3.41. The molecule has 8 heteroatoms. The smallest absolute Gasteiger partial charge is 0.284 e. The summed E-state index contributed by atoms with van der Waals surface area (Å²) in [5.74, 6) is -5.60. The van der Waals surface area contributed by atoms with Crippen LogP contribution in [0.15, 0.2) is 11.6 Å². The molecule has 86 valence electrons. The average molecular weight is 234 g/mol. The predicted octanol–water partition coefficient (Wildman–Crippen LogP) is 2.20. The fraction of sp³-hybridized carbons (Fsp3) is 0.429. The van der Waals surface area contributed by atoms with Crippen LogP contribution >= 0.6 is 0 Å². The van der Waals surface area contributed by atoms with E-state index in [0.717, 1.165) is 6.92 Å². The van der Waals surface area contributed by atoms with E-state index >= 15 is 0 Å². The first kappa shape index (κ1) is 13.7. The third kappa shape index (κ3) is 3.37. The summed E-state index contributed by atoms with van der Waals surface area (Å²) in [5, 5.41) is 0. The molecule has 0 aromatic heterocycles. The summed E-state index contributed by atoms with van der Waals surface area (Å²) in [5.41, 5.74) is -1.92. The molecule has 0 heterocycles. The largest absolute Gasteiger partial charge is 0.454 e. The lowest BCUT2D eigenvalue weighted by molar-refractivity contribution is -0.175. The molecule has 0 bridgehead atoms. The van der Waals surface area contributed by atoms with Gasteiger partial charge in [-0.15, -0.1) is 0 Å². The molecule has 0 fully saturated rings. The Morgan fingerprint density at radius 3 is 1.27 bits per heavy atom. The van der Waals surface area contributed by atoms with Gasteiger partial charge in [0.05, 0.1) is 5.57 Å². The van der Waals surface area contributed by atoms with Gasteiger partial charge in [0.2, 0.25) is 0 Å². The van der Waals surface area contributed by atoms with Gasteiger partial charge < -0.3 is 0 Å². The third-order valence-corrected chi connectivity index (χ3v) is 1.29. The van der Waals surface area contributed by atoms with E-state index in [1.165, 1.54) is 0 Å². The molecule has 2 nitrogen and oxygen atoms in total. The number of carbonyl (C=O) groups is 2. The number of rotatable bonds is 2. The van der Waals surface area contributed by atoms with Gasteiger partial charge in [0.15, 0.2) is 0 Å². The highest BCUT2D eigenvalue weighted by molar-refractivity contribution is 6.23. The topological polar surface area (TPSA) is 34.1 Å². The minimum Gasteiger partial charge on any atom is -0.284 e. The Kier molecular flexibility index (Phi) is 3.67. The summed E-state index contributed by atoms with van der Waals surface area (Å²) < 4.78 is 70.3. The zero-order valence-corrected chi connectivity index (χ0v) is 7.16. The van der Waals surface area contributed by atoms with Crippen LogP contribution in [0.3, 0.4) is 0 Å². The van der Waals surface area contributed by atoms with Crippen LogP contribution in [0, 0.1) is 0 Å². The van der Waals surface area contributed by atoms with E-state index in [-0.39, 0.29) is 6.08 Å². The zero-order valence-electron chi connectivity index (χ0n) is 7.16. The highest BCUT2D eigenvalue weighted by atomic mass is 19.4. The molecule has 0 amide bonds. The molecule has 0 aliphatic carbocycles. The fourth-order valence-corrected chi connectivity index (χ4v) is 0.671. The van der Waals surface area contributed by atoms with Crippen molar-refractivity contribution >= 4 is 11.6 Å². The van der Waals surface area contributed by atoms with Crippen molar-refractivity contribution in [3.8, 4) is 0 Å². The first-order valence-corrected chi connectivity index (χ1v) is 3.41. The average Bonchev–Trinajstić information content (AvgIpc) is 2.01. The number of carbonyl (C=O) groups excluding carboxylic acids is 2. The number of hydrogen-bond donors (Lipinski definition) is 0. The maximum absolute atomic E-state index is 11.7. The molecular weight excluding hydrogens is 230 g/mol. The van der Waals surface area contributed by atoms with Crippen LogP contribution in [-0.4, -0.2) is 23.9 Å². The van der Waals surface area contributed by atoms with Crippen LogP contribution in [0.4, 0.5) is 26.3 Å². The van der Waals surface area contributed by atoms with Gasteiger partial charge in [-0.05, 0) is 6.92 Å². The van der Waals surface area contributed by atoms with Crippen molar-refractivity contribution in [3.05, 3.63) is 11.6 Å². The van der Waals surface area contributed by atoms with Crippen LogP contribution < -0.4 is 0 Å². The number of Topliss-reactive ketones (excluding diaryl/α,β-unsaturated/α-hetero) is 2. The molecule has 0 aromatic rings. The molecule has 0 unspecified atom stereocenters. The highest BCUT2D eigenvalue weighted by Crippen LogP contribution is 2.26. The normalized spacial score (nSPS) is 12.2. The summed E-state index contributed by atoms with van der Waals surface area (Å²) in [4.78, 5) is 20.7. The van der Waals surface area contributed by atoms with Crippen molar-refractivity contribution in [2.24, 2.45) is 0 Å². The Hall–Kier alpha value is -1.34. The molecule has 0 atom stereocenters. The Morgan fingerprint density at radius 1 is 0.867 bits per heavy atom. The third-order valence-electron chi connectivity index (χ3n) is 1.29. The summed E-state index contributed by atoms with van der Waals surface area (Å²) in [6.45, 7) is 0.739. The Morgan fingerprint density at radius 2 is 1.13 bits per heavy atom. The van der Waals surface area contributed by atoms with E-state index in [4.69, 9.17) is 0 Å².